The molecular formula is C13H11F2N3O. The number of benzene rings is 1. The number of aromatic nitrogens is 2. The lowest BCUT2D eigenvalue weighted by Crippen LogP contribution is -2.16. The van der Waals surface area contributed by atoms with Gasteiger partial charge in [-0.25, -0.2) is 13.8 Å². The van der Waals surface area contributed by atoms with Gasteiger partial charge < -0.3 is 5.32 Å². The SMILES string of the molecule is O=c1[nH]c(Nc2ccc(F)cc2F)nc2c1CCC2. The molecular weight excluding hydrogens is 252 g/mol. The van der Waals surface area contributed by atoms with Gasteiger partial charge in [-0.2, -0.15) is 0 Å². The lowest BCUT2D eigenvalue weighted by Gasteiger charge is -2.08. The fourth-order valence-electron chi connectivity index (χ4n) is 2.22. The van der Waals surface area contributed by atoms with E-state index in [9.17, 15) is 13.6 Å². The zero-order valence-electron chi connectivity index (χ0n) is 9.96. The Morgan fingerprint density at radius 1 is 1.26 bits per heavy atom. The highest BCUT2D eigenvalue weighted by molar-refractivity contribution is 5.54. The highest BCUT2D eigenvalue weighted by Crippen LogP contribution is 2.20. The number of aryl methyl sites for hydroxylation is 1. The number of hydrogen-bond acceptors (Lipinski definition) is 3. The van der Waals surface area contributed by atoms with Gasteiger partial charge in [-0.05, 0) is 31.4 Å². The Bertz CT molecular complexity index is 697. The lowest BCUT2D eigenvalue weighted by atomic mass is 10.2. The third kappa shape index (κ3) is 2.21. The molecule has 1 aliphatic carbocycles. The van der Waals surface area contributed by atoms with Crippen LogP contribution in [0.5, 0.6) is 0 Å². The summed E-state index contributed by atoms with van der Waals surface area (Å²) in [5.41, 5.74) is 1.31. The van der Waals surface area contributed by atoms with Crippen molar-refractivity contribution in [3.05, 3.63) is 51.4 Å². The fraction of sp³-hybridized carbons (Fsp3) is 0.231. The van der Waals surface area contributed by atoms with Crippen molar-refractivity contribution in [1.29, 1.82) is 0 Å². The number of aromatic amines is 1. The van der Waals surface area contributed by atoms with Gasteiger partial charge in [0, 0.05) is 11.6 Å². The van der Waals surface area contributed by atoms with E-state index in [1.165, 1.54) is 6.07 Å². The monoisotopic (exact) mass is 263 g/mol. The second kappa shape index (κ2) is 4.46. The summed E-state index contributed by atoms with van der Waals surface area (Å²) in [5.74, 6) is -1.21. The summed E-state index contributed by atoms with van der Waals surface area (Å²) in [7, 11) is 0. The van der Waals surface area contributed by atoms with Gasteiger partial charge in [0.1, 0.15) is 11.6 Å². The van der Waals surface area contributed by atoms with Crippen LogP contribution in [0, 0.1) is 11.6 Å². The summed E-state index contributed by atoms with van der Waals surface area (Å²) < 4.78 is 26.3. The molecule has 0 fully saturated rings. The van der Waals surface area contributed by atoms with E-state index < -0.39 is 11.6 Å². The molecule has 0 spiro atoms. The van der Waals surface area contributed by atoms with Crippen LogP contribution in [-0.2, 0) is 12.8 Å². The molecule has 1 aromatic heterocycles. The van der Waals surface area contributed by atoms with Crippen molar-refractivity contribution in [2.45, 2.75) is 19.3 Å². The third-order valence-electron chi connectivity index (χ3n) is 3.13. The highest BCUT2D eigenvalue weighted by Gasteiger charge is 2.17. The first-order valence-electron chi connectivity index (χ1n) is 5.97. The van der Waals surface area contributed by atoms with E-state index in [2.05, 4.69) is 15.3 Å². The van der Waals surface area contributed by atoms with Crippen molar-refractivity contribution >= 4 is 11.6 Å². The largest absolute Gasteiger partial charge is 0.323 e. The van der Waals surface area contributed by atoms with Gasteiger partial charge in [-0.1, -0.05) is 0 Å². The second-order valence-corrected chi connectivity index (χ2v) is 4.44. The normalized spacial score (nSPS) is 13.4. The molecule has 6 heteroatoms. The van der Waals surface area contributed by atoms with E-state index in [1.807, 2.05) is 0 Å². The molecule has 0 aliphatic heterocycles. The van der Waals surface area contributed by atoms with Crippen LogP contribution in [0.2, 0.25) is 0 Å². The lowest BCUT2D eigenvalue weighted by molar-refractivity contribution is 0.586. The minimum atomic E-state index is -0.733. The Balaban J connectivity index is 1.96. The molecule has 98 valence electrons. The Morgan fingerprint density at radius 2 is 2.11 bits per heavy atom. The number of hydrogen-bond donors (Lipinski definition) is 2. The summed E-state index contributed by atoms with van der Waals surface area (Å²) >= 11 is 0. The molecule has 1 aliphatic rings. The molecule has 1 heterocycles. The first-order chi connectivity index (χ1) is 9.13. The van der Waals surface area contributed by atoms with Crippen LogP contribution in [0.25, 0.3) is 0 Å². The van der Waals surface area contributed by atoms with Gasteiger partial charge in [0.2, 0.25) is 5.95 Å². The topological polar surface area (TPSA) is 57.8 Å². The van der Waals surface area contributed by atoms with Crippen LogP contribution in [0.3, 0.4) is 0 Å². The molecule has 1 aromatic carbocycles. The molecule has 19 heavy (non-hydrogen) atoms. The standard InChI is InChI=1S/C13H11F2N3O/c14-7-4-5-11(9(15)6-7)17-13-16-10-3-1-2-8(10)12(19)18-13/h4-6H,1-3H2,(H2,16,17,18,19). The predicted molar refractivity (Wildman–Crippen MR) is 66.5 cm³/mol. The van der Waals surface area contributed by atoms with Crippen LogP contribution in [0.1, 0.15) is 17.7 Å². The number of H-pyrrole nitrogens is 1. The number of halogens is 2. The molecule has 4 nitrogen and oxygen atoms in total. The molecule has 0 bridgehead atoms. The van der Waals surface area contributed by atoms with Crippen LogP contribution in [0.15, 0.2) is 23.0 Å². The van der Waals surface area contributed by atoms with Gasteiger partial charge in [-0.3, -0.25) is 9.78 Å². The zero-order chi connectivity index (χ0) is 13.4. The molecule has 3 rings (SSSR count). The third-order valence-corrected chi connectivity index (χ3v) is 3.13. The Morgan fingerprint density at radius 3 is 2.89 bits per heavy atom. The molecule has 0 saturated carbocycles. The fourth-order valence-corrected chi connectivity index (χ4v) is 2.22. The summed E-state index contributed by atoms with van der Waals surface area (Å²) in [6.07, 6.45) is 2.38. The second-order valence-electron chi connectivity index (χ2n) is 4.44. The molecule has 0 unspecified atom stereocenters. The van der Waals surface area contributed by atoms with Gasteiger partial charge in [0.05, 0.1) is 11.4 Å². The molecule has 0 radical (unpaired) electrons. The Hall–Kier alpha value is -2.24. The van der Waals surface area contributed by atoms with Crippen molar-refractivity contribution in [2.24, 2.45) is 0 Å². The number of nitrogens with zero attached hydrogens (tertiary/aromatic N) is 1. The summed E-state index contributed by atoms with van der Waals surface area (Å²) in [4.78, 5) is 18.6. The van der Waals surface area contributed by atoms with Crippen LogP contribution < -0.4 is 10.9 Å². The van der Waals surface area contributed by atoms with Gasteiger partial charge in [0.15, 0.2) is 0 Å². The molecule has 2 aromatic rings. The molecule has 0 atom stereocenters. The first-order valence-corrected chi connectivity index (χ1v) is 5.97. The summed E-state index contributed by atoms with van der Waals surface area (Å²) in [5, 5.41) is 2.66. The Labute approximate surface area is 107 Å². The average Bonchev–Trinajstić information content (AvgIpc) is 2.81. The maximum absolute atomic E-state index is 13.5. The van der Waals surface area contributed by atoms with Crippen molar-refractivity contribution < 1.29 is 8.78 Å². The average molecular weight is 263 g/mol. The van der Waals surface area contributed by atoms with Gasteiger partial charge in [-0.15, -0.1) is 0 Å². The van der Waals surface area contributed by atoms with Crippen LogP contribution in [0.4, 0.5) is 20.4 Å². The van der Waals surface area contributed by atoms with Crippen LogP contribution in [-0.4, -0.2) is 9.97 Å². The number of anilines is 2. The predicted octanol–water partition coefficient (Wildman–Crippen LogP) is 2.28. The molecule has 0 saturated heterocycles. The van der Waals surface area contributed by atoms with Crippen molar-refractivity contribution in [1.82, 2.24) is 9.97 Å². The van der Waals surface area contributed by atoms with E-state index in [-0.39, 0.29) is 17.2 Å². The van der Waals surface area contributed by atoms with Crippen molar-refractivity contribution in [3.63, 3.8) is 0 Å². The minimum absolute atomic E-state index is 0.0718. The van der Waals surface area contributed by atoms with E-state index in [0.29, 0.717) is 5.56 Å². The Kier molecular flexibility index (Phi) is 2.77. The van der Waals surface area contributed by atoms with Crippen molar-refractivity contribution in [3.8, 4) is 0 Å². The van der Waals surface area contributed by atoms with Gasteiger partial charge in [0.25, 0.3) is 5.56 Å². The quantitative estimate of drug-likeness (QED) is 0.874. The van der Waals surface area contributed by atoms with E-state index >= 15 is 0 Å². The summed E-state index contributed by atoms with van der Waals surface area (Å²) in [6, 6.07) is 3.17. The first kappa shape index (κ1) is 11.8. The maximum atomic E-state index is 13.5. The smallest absolute Gasteiger partial charge is 0.255 e. The number of nitrogens with one attached hydrogen (secondary N) is 2. The van der Waals surface area contributed by atoms with Gasteiger partial charge >= 0.3 is 0 Å². The van der Waals surface area contributed by atoms with Crippen LogP contribution >= 0.6 is 0 Å². The van der Waals surface area contributed by atoms with E-state index in [4.69, 9.17) is 0 Å². The number of rotatable bonds is 2. The molecule has 2 N–H and O–H groups in total. The summed E-state index contributed by atoms with van der Waals surface area (Å²) in [6.45, 7) is 0. The molecule has 0 amide bonds. The number of fused-ring (bicyclic) bond motifs is 1. The maximum Gasteiger partial charge on any atom is 0.255 e. The van der Waals surface area contributed by atoms with E-state index in [0.717, 1.165) is 37.1 Å². The van der Waals surface area contributed by atoms with Crippen molar-refractivity contribution in [2.75, 3.05) is 5.32 Å². The highest BCUT2D eigenvalue weighted by atomic mass is 19.1. The minimum Gasteiger partial charge on any atom is -0.323 e. The zero-order valence-corrected chi connectivity index (χ0v) is 9.96. The van der Waals surface area contributed by atoms with E-state index in [1.54, 1.807) is 0 Å².